The molecule has 0 aliphatic heterocycles. The number of allylic oxidation sites excluding steroid dienone is 9. The molecule has 0 saturated carbocycles. The lowest BCUT2D eigenvalue weighted by Crippen LogP contribution is -2.21. The molecule has 0 radical (unpaired) electrons. The Hall–Kier alpha value is -6.64. The van der Waals surface area contributed by atoms with Crippen molar-refractivity contribution in [2.75, 3.05) is 4.90 Å². The van der Waals surface area contributed by atoms with Crippen molar-refractivity contribution < 1.29 is 0 Å². The van der Waals surface area contributed by atoms with Crippen LogP contribution >= 0.6 is 0 Å². The van der Waals surface area contributed by atoms with Crippen molar-refractivity contribution in [1.29, 1.82) is 0 Å². The van der Waals surface area contributed by atoms with Gasteiger partial charge in [-0.2, -0.15) is 0 Å². The van der Waals surface area contributed by atoms with Gasteiger partial charge in [-0.1, -0.05) is 161 Å². The van der Waals surface area contributed by atoms with E-state index >= 15 is 0 Å². The summed E-state index contributed by atoms with van der Waals surface area (Å²) in [6, 6.07) is 47.8. The van der Waals surface area contributed by atoms with Crippen molar-refractivity contribution in [1.82, 2.24) is 4.57 Å². The molecule has 0 N–H and O–H groups in total. The largest absolute Gasteiger partial charge is 0.313 e. The van der Waals surface area contributed by atoms with E-state index in [2.05, 4.69) is 208 Å². The average molecular weight is 763 g/mol. The standard InChI is InChI=1S/C57H50N2/c1-6-7-8-16-38(2)40-25-28-43(29-26-40)59-55-23-14-12-21-50(55)51-36-42(27-34-56(51)59)46-32-30-44(35-39(46)3)58(54-24-15-18-41-17-9-10-19-47(41)54)45-31-33-49-48-20-11-13-22-52(48)57(4,5)53(49)37-45/h6-13,15-22,24-37,39,46H,1,14,23H2,2-5H3/b8-7-,38-16+. The highest BCUT2D eigenvalue weighted by atomic mass is 15.1. The maximum atomic E-state index is 3.79. The Labute approximate surface area is 349 Å². The summed E-state index contributed by atoms with van der Waals surface area (Å²) in [6.07, 6.45) is 22.1. The first kappa shape index (κ1) is 36.7. The molecule has 2 unspecified atom stereocenters. The van der Waals surface area contributed by atoms with E-state index in [9.17, 15) is 0 Å². The van der Waals surface area contributed by atoms with Crippen LogP contribution in [-0.2, 0) is 11.8 Å². The molecule has 0 saturated heterocycles. The zero-order valence-corrected chi connectivity index (χ0v) is 34.5. The van der Waals surface area contributed by atoms with E-state index in [0.717, 1.165) is 12.8 Å². The predicted molar refractivity (Wildman–Crippen MR) is 253 cm³/mol. The smallest absolute Gasteiger partial charge is 0.0539 e. The summed E-state index contributed by atoms with van der Waals surface area (Å²) in [5.74, 6) is 0.528. The van der Waals surface area contributed by atoms with Gasteiger partial charge in [0.2, 0.25) is 0 Å². The number of nitrogens with zero attached hydrogens (tertiary/aromatic N) is 2. The van der Waals surface area contributed by atoms with Crippen molar-refractivity contribution in [2.45, 2.75) is 51.9 Å². The minimum Gasteiger partial charge on any atom is -0.313 e. The third kappa shape index (κ3) is 6.17. The van der Waals surface area contributed by atoms with Crippen LogP contribution in [-0.4, -0.2) is 4.57 Å². The Balaban J connectivity index is 1.03. The third-order valence-corrected chi connectivity index (χ3v) is 13.1. The zero-order chi connectivity index (χ0) is 40.3. The zero-order valence-electron chi connectivity index (χ0n) is 34.5. The van der Waals surface area contributed by atoms with Crippen LogP contribution in [0.5, 0.6) is 0 Å². The molecule has 2 nitrogen and oxygen atoms in total. The van der Waals surface area contributed by atoms with Gasteiger partial charge in [0.1, 0.15) is 0 Å². The molecule has 3 aliphatic carbocycles. The van der Waals surface area contributed by atoms with Gasteiger partial charge in [0.25, 0.3) is 0 Å². The van der Waals surface area contributed by atoms with Gasteiger partial charge in [0.15, 0.2) is 0 Å². The lowest BCUT2D eigenvalue weighted by molar-refractivity contribution is 0.629. The molecule has 6 aromatic carbocycles. The number of anilines is 2. The van der Waals surface area contributed by atoms with E-state index < -0.39 is 0 Å². The van der Waals surface area contributed by atoms with Crippen LogP contribution in [0.4, 0.5) is 11.4 Å². The predicted octanol–water partition coefficient (Wildman–Crippen LogP) is 15.2. The molecule has 288 valence electrons. The average Bonchev–Trinajstić information content (AvgIpc) is 3.71. The van der Waals surface area contributed by atoms with E-state index in [1.54, 1.807) is 0 Å². The Morgan fingerprint density at radius 1 is 0.780 bits per heavy atom. The number of fused-ring (bicyclic) bond motifs is 7. The second-order valence-corrected chi connectivity index (χ2v) is 17.0. The lowest BCUT2D eigenvalue weighted by Gasteiger charge is -2.33. The SMILES string of the molecule is C=C/C=C\C=C(/C)c1ccc(-n2c3c(c4cc(C5C=CC(N(c6ccc7c(c6)C(C)(C)c6ccccc6-7)c6cccc7ccccc67)=CC5C)ccc42)C=CCC3)cc1. The summed E-state index contributed by atoms with van der Waals surface area (Å²) >= 11 is 0. The molecule has 7 aromatic rings. The van der Waals surface area contributed by atoms with Crippen molar-refractivity contribution in [3.8, 4) is 16.8 Å². The minimum atomic E-state index is -0.0870. The van der Waals surface area contributed by atoms with E-state index in [0.29, 0.717) is 0 Å². The summed E-state index contributed by atoms with van der Waals surface area (Å²) < 4.78 is 2.50. The van der Waals surface area contributed by atoms with Gasteiger partial charge in [0.05, 0.1) is 11.2 Å². The fraction of sp³-hybridized carbons (Fsp3) is 0.158. The molecule has 0 fully saturated rings. The Bertz CT molecular complexity index is 2950. The van der Waals surface area contributed by atoms with Gasteiger partial charge in [-0.05, 0) is 119 Å². The first-order valence-electron chi connectivity index (χ1n) is 21.1. The first-order chi connectivity index (χ1) is 28.8. The van der Waals surface area contributed by atoms with Crippen LogP contribution in [0.3, 0.4) is 0 Å². The topological polar surface area (TPSA) is 8.17 Å². The second-order valence-electron chi connectivity index (χ2n) is 17.0. The number of hydrogen-bond donors (Lipinski definition) is 0. The van der Waals surface area contributed by atoms with Gasteiger partial charge < -0.3 is 9.47 Å². The molecule has 1 heterocycles. The molecule has 59 heavy (non-hydrogen) atoms. The van der Waals surface area contributed by atoms with Gasteiger partial charge in [-0.3, -0.25) is 0 Å². The fourth-order valence-electron chi connectivity index (χ4n) is 10.0. The summed E-state index contributed by atoms with van der Waals surface area (Å²) in [5, 5.41) is 3.82. The van der Waals surface area contributed by atoms with Crippen molar-refractivity contribution in [2.24, 2.45) is 5.92 Å². The Kier molecular flexibility index (Phi) is 9.10. The second kappa shape index (κ2) is 14.6. The van der Waals surface area contributed by atoms with Gasteiger partial charge in [-0.25, -0.2) is 0 Å². The van der Waals surface area contributed by atoms with Gasteiger partial charge >= 0.3 is 0 Å². The first-order valence-corrected chi connectivity index (χ1v) is 21.1. The van der Waals surface area contributed by atoms with Crippen LogP contribution in [0, 0.1) is 5.92 Å². The molecule has 1 aromatic heterocycles. The molecule has 0 amide bonds. The van der Waals surface area contributed by atoms with E-state index in [4.69, 9.17) is 0 Å². The number of aromatic nitrogens is 1. The van der Waals surface area contributed by atoms with Gasteiger partial charge in [0, 0.05) is 50.4 Å². The summed E-state index contributed by atoms with van der Waals surface area (Å²) in [6.45, 7) is 13.1. The quantitative estimate of drug-likeness (QED) is 0.140. The van der Waals surface area contributed by atoms with Crippen LogP contribution in [0.2, 0.25) is 0 Å². The number of benzene rings is 6. The molecule has 10 rings (SSSR count). The van der Waals surface area contributed by atoms with Crippen LogP contribution in [0.25, 0.3) is 50.1 Å². The van der Waals surface area contributed by atoms with Crippen LogP contribution < -0.4 is 4.90 Å². The molecule has 2 atom stereocenters. The van der Waals surface area contributed by atoms with E-state index in [1.807, 2.05) is 18.2 Å². The van der Waals surface area contributed by atoms with Crippen molar-refractivity contribution in [3.63, 3.8) is 0 Å². The highest BCUT2D eigenvalue weighted by Crippen LogP contribution is 2.51. The molecule has 3 aliphatic rings. The molecular formula is C57H50N2. The van der Waals surface area contributed by atoms with Crippen LogP contribution in [0.1, 0.15) is 73.5 Å². The van der Waals surface area contributed by atoms with E-state index in [-0.39, 0.29) is 17.3 Å². The molecular weight excluding hydrogens is 713 g/mol. The van der Waals surface area contributed by atoms with Crippen LogP contribution in [0.15, 0.2) is 188 Å². The molecule has 0 bridgehead atoms. The Morgan fingerprint density at radius 2 is 1.58 bits per heavy atom. The van der Waals surface area contributed by atoms with E-state index in [1.165, 1.54) is 94.6 Å². The summed E-state index contributed by atoms with van der Waals surface area (Å²) in [7, 11) is 0. The molecule has 2 heteroatoms. The highest BCUT2D eigenvalue weighted by molar-refractivity contribution is 5.98. The maximum Gasteiger partial charge on any atom is 0.0539 e. The highest BCUT2D eigenvalue weighted by Gasteiger charge is 2.36. The molecule has 0 spiro atoms. The Morgan fingerprint density at radius 3 is 2.42 bits per heavy atom. The lowest BCUT2D eigenvalue weighted by atomic mass is 9.81. The fourth-order valence-corrected chi connectivity index (χ4v) is 10.0. The normalized spacial score (nSPS) is 17.9. The summed E-state index contributed by atoms with van der Waals surface area (Å²) in [4.78, 5) is 2.50. The van der Waals surface area contributed by atoms with Gasteiger partial charge in [-0.15, -0.1) is 0 Å². The minimum absolute atomic E-state index is 0.0870. The monoisotopic (exact) mass is 762 g/mol. The number of rotatable bonds is 8. The summed E-state index contributed by atoms with van der Waals surface area (Å²) in [5.41, 5.74) is 18.0. The van der Waals surface area contributed by atoms with Crippen molar-refractivity contribution >= 4 is 44.7 Å². The van der Waals surface area contributed by atoms with Crippen molar-refractivity contribution in [3.05, 3.63) is 222 Å². The maximum absolute atomic E-state index is 3.79. The number of hydrogen-bond acceptors (Lipinski definition) is 1. The third-order valence-electron chi connectivity index (χ3n) is 13.1.